The number of anilines is 2. The first-order valence-electron chi connectivity index (χ1n) is 14.0. The summed E-state index contributed by atoms with van der Waals surface area (Å²) in [4.78, 5) is 4.19. The molecule has 0 atom stereocenters. The highest BCUT2D eigenvalue weighted by Gasteiger charge is 2.34. The van der Waals surface area contributed by atoms with E-state index in [-0.39, 0.29) is 22.1 Å². The van der Waals surface area contributed by atoms with E-state index in [0.29, 0.717) is 52.4 Å². The van der Waals surface area contributed by atoms with Crippen molar-refractivity contribution in [2.45, 2.75) is 30.6 Å². The van der Waals surface area contributed by atoms with Gasteiger partial charge in [0.2, 0.25) is 20.0 Å². The number of ether oxygens (including phenoxy) is 1. The van der Waals surface area contributed by atoms with Crippen LogP contribution in [0.25, 0.3) is 0 Å². The van der Waals surface area contributed by atoms with Crippen LogP contribution in [-0.4, -0.2) is 84.4 Å². The first-order chi connectivity index (χ1) is 19.6. The summed E-state index contributed by atoms with van der Waals surface area (Å²) < 4.78 is 63.7. The van der Waals surface area contributed by atoms with Crippen LogP contribution < -0.4 is 14.5 Å². The second kappa shape index (κ2) is 12.0. The summed E-state index contributed by atoms with van der Waals surface area (Å²) in [5.41, 5.74) is 4.43. The Bertz CT molecular complexity index is 1590. The molecule has 0 radical (unpaired) electrons. The minimum absolute atomic E-state index is 0.0399. The Labute approximate surface area is 244 Å². The predicted octanol–water partition coefficient (Wildman–Crippen LogP) is 3.72. The standard InChI is InChI=1S/C30H38N4O5S2/c1-4-39-29-12-11-28(40(35,36)33-17-13-31(14-18-33)26-9-5-7-24(2)21-26)23-30(29)41(37,38)34-19-15-32(16-20-34)27-10-6-8-25(3)22-27/h5-12,21-23H,4,13-20H2,1-3H3. The molecule has 0 aromatic heterocycles. The first-order valence-corrected chi connectivity index (χ1v) is 16.9. The molecule has 3 aromatic carbocycles. The van der Waals surface area contributed by atoms with Gasteiger partial charge in [-0.25, -0.2) is 16.8 Å². The maximum Gasteiger partial charge on any atom is 0.246 e. The molecule has 11 heteroatoms. The molecule has 41 heavy (non-hydrogen) atoms. The second-order valence-corrected chi connectivity index (χ2v) is 14.3. The Hall–Kier alpha value is -3.12. The molecule has 0 amide bonds. The van der Waals surface area contributed by atoms with Gasteiger partial charge in [-0.3, -0.25) is 0 Å². The van der Waals surface area contributed by atoms with E-state index >= 15 is 0 Å². The van der Waals surface area contributed by atoms with Crippen molar-refractivity contribution in [3.8, 4) is 5.75 Å². The molecule has 0 saturated carbocycles. The van der Waals surface area contributed by atoms with Crippen LogP contribution in [0, 0.1) is 13.8 Å². The average molecular weight is 599 g/mol. The van der Waals surface area contributed by atoms with Crippen molar-refractivity contribution < 1.29 is 21.6 Å². The summed E-state index contributed by atoms with van der Waals surface area (Å²) in [6.07, 6.45) is 0. The first kappa shape index (κ1) is 29.4. The summed E-state index contributed by atoms with van der Waals surface area (Å²) in [7, 11) is -7.91. The third kappa shape index (κ3) is 6.23. The van der Waals surface area contributed by atoms with Crippen LogP contribution in [0.5, 0.6) is 5.75 Å². The largest absolute Gasteiger partial charge is 0.492 e. The van der Waals surface area contributed by atoms with Gasteiger partial charge in [-0.05, 0) is 74.4 Å². The number of hydrogen-bond acceptors (Lipinski definition) is 7. The quantitative estimate of drug-likeness (QED) is 0.390. The molecule has 0 spiro atoms. The third-order valence-electron chi connectivity index (χ3n) is 7.68. The molecule has 0 N–H and O–H groups in total. The predicted molar refractivity (Wildman–Crippen MR) is 162 cm³/mol. The minimum Gasteiger partial charge on any atom is -0.492 e. The Kier molecular flexibility index (Phi) is 8.60. The number of rotatable bonds is 8. The summed E-state index contributed by atoms with van der Waals surface area (Å²) in [5, 5.41) is 0. The summed E-state index contributed by atoms with van der Waals surface area (Å²) >= 11 is 0. The van der Waals surface area contributed by atoms with Crippen LogP contribution in [0.1, 0.15) is 18.1 Å². The van der Waals surface area contributed by atoms with Crippen molar-refractivity contribution in [3.63, 3.8) is 0 Å². The number of nitrogens with zero attached hydrogens (tertiary/aromatic N) is 4. The molecule has 0 bridgehead atoms. The monoisotopic (exact) mass is 598 g/mol. The van der Waals surface area contributed by atoms with Gasteiger partial charge < -0.3 is 14.5 Å². The molecule has 5 rings (SSSR count). The maximum atomic E-state index is 13.9. The van der Waals surface area contributed by atoms with E-state index in [1.807, 2.05) is 50.2 Å². The van der Waals surface area contributed by atoms with Gasteiger partial charge in [0.1, 0.15) is 10.6 Å². The fraction of sp³-hybridized carbons (Fsp3) is 0.400. The zero-order valence-corrected chi connectivity index (χ0v) is 25.5. The molecule has 9 nitrogen and oxygen atoms in total. The van der Waals surface area contributed by atoms with Crippen molar-refractivity contribution in [2.75, 3.05) is 68.8 Å². The number of benzene rings is 3. The smallest absolute Gasteiger partial charge is 0.246 e. The third-order valence-corrected chi connectivity index (χ3v) is 11.5. The lowest BCUT2D eigenvalue weighted by Gasteiger charge is -2.36. The summed E-state index contributed by atoms with van der Waals surface area (Å²) in [6.45, 7) is 9.48. The fourth-order valence-corrected chi connectivity index (χ4v) is 8.54. The van der Waals surface area contributed by atoms with Crippen molar-refractivity contribution >= 4 is 31.4 Å². The van der Waals surface area contributed by atoms with Gasteiger partial charge in [-0.2, -0.15) is 8.61 Å². The zero-order chi connectivity index (χ0) is 29.2. The molecule has 2 saturated heterocycles. The van der Waals surface area contributed by atoms with E-state index in [2.05, 4.69) is 21.9 Å². The zero-order valence-electron chi connectivity index (χ0n) is 23.9. The van der Waals surface area contributed by atoms with Gasteiger partial charge in [0.25, 0.3) is 0 Å². The lowest BCUT2D eigenvalue weighted by atomic mass is 10.2. The van der Waals surface area contributed by atoms with E-state index < -0.39 is 20.0 Å². The Morgan fingerprint density at radius 1 is 0.634 bits per heavy atom. The molecular weight excluding hydrogens is 560 g/mol. The summed E-state index contributed by atoms with van der Waals surface area (Å²) in [5.74, 6) is 0.164. The van der Waals surface area contributed by atoms with Crippen LogP contribution in [0.15, 0.2) is 76.5 Å². The van der Waals surface area contributed by atoms with Gasteiger partial charge in [0, 0.05) is 63.7 Å². The average Bonchev–Trinajstić information content (AvgIpc) is 2.97. The van der Waals surface area contributed by atoms with Crippen LogP contribution >= 0.6 is 0 Å². The van der Waals surface area contributed by atoms with Crippen molar-refractivity contribution in [1.82, 2.24) is 8.61 Å². The minimum atomic E-state index is -4.00. The van der Waals surface area contributed by atoms with Gasteiger partial charge in [-0.1, -0.05) is 24.3 Å². The lowest BCUT2D eigenvalue weighted by molar-refractivity contribution is 0.327. The van der Waals surface area contributed by atoms with Crippen LogP contribution in [0.2, 0.25) is 0 Å². The van der Waals surface area contributed by atoms with Gasteiger partial charge in [-0.15, -0.1) is 0 Å². The fourth-order valence-electron chi connectivity index (χ4n) is 5.44. The number of aryl methyl sites for hydroxylation is 2. The number of piperazine rings is 2. The van der Waals surface area contributed by atoms with E-state index in [1.165, 1.54) is 26.8 Å². The number of sulfonamides is 2. The van der Waals surface area contributed by atoms with E-state index in [1.54, 1.807) is 6.92 Å². The Morgan fingerprint density at radius 2 is 1.12 bits per heavy atom. The van der Waals surface area contributed by atoms with E-state index in [0.717, 1.165) is 22.5 Å². The highest BCUT2D eigenvalue weighted by molar-refractivity contribution is 7.90. The Morgan fingerprint density at radius 3 is 1.59 bits per heavy atom. The molecule has 3 aromatic rings. The summed E-state index contributed by atoms with van der Waals surface area (Å²) in [6, 6.07) is 20.5. The van der Waals surface area contributed by atoms with E-state index in [9.17, 15) is 16.8 Å². The second-order valence-electron chi connectivity index (χ2n) is 10.5. The normalized spacial score (nSPS) is 17.5. The van der Waals surface area contributed by atoms with Crippen LogP contribution in [-0.2, 0) is 20.0 Å². The molecule has 2 fully saturated rings. The van der Waals surface area contributed by atoms with Crippen molar-refractivity contribution in [3.05, 3.63) is 77.9 Å². The molecule has 0 unspecified atom stereocenters. The maximum absolute atomic E-state index is 13.9. The highest BCUT2D eigenvalue weighted by atomic mass is 32.2. The Balaban J connectivity index is 1.35. The van der Waals surface area contributed by atoms with E-state index in [4.69, 9.17) is 4.74 Å². The highest BCUT2D eigenvalue weighted by Crippen LogP contribution is 2.32. The lowest BCUT2D eigenvalue weighted by Crippen LogP contribution is -2.49. The van der Waals surface area contributed by atoms with Crippen LogP contribution in [0.3, 0.4) is 0 Å². The van der Waals surface area contributed by atoms with Crippen LogP contribution in [0.4, 0.5) is 11.4 Å². The molecule has 0 aliphatic carbocycles. The van der Waals surface area contributed by atoms with Gasteiger partial charge in [0.15, 0.2) is 0 Å². The molecular formula is C30H38N4O5S2. The van der Waals surface area contributed by atoms with Gasteiger partial charge in [0.05, 0.1) is 11.5 Å². The number of hydrogen-bond donors (Lipinski definition) is 0. The topological polar surface area (TPSA) is 90.5 Å². The SMILES string of the molecule is CCOc1ccc(S(=O)(=O)N2CCN(c3cccc(C)c3)CC2)cc1S(=O)(=O)N1CCN(c2cccc(C)c2)CC1. The van der Waals surface area contributed by atoms with Crippen molar-refractivity contribution in [1.29, 1.82) is 0 Å². The van der Waals surface area contributed by atoms with Crippen molar-refractivity contribution in [2.24, 2.45) is 0 Å². The molecule has 2 heterocycles. The van der Waals surface area contributed by atoms with Gasteiger partial charge >= 0.3 is 0 Å². The molecule has 220 valence electrons. The molecule has 2 aliphatic heterocycles. The molecule has 2 aliphatic rings.